The van der Waals surface area contributed by atoms with Gasteiger partial charge in [-0.3, -0.25) is 0 Å². The van der Waals surface area contributed by atoms with Crippen molar-refractivity contribution in [2.45, 2.75) is 46.6 Å². The Balaban J connectivity index is 3.38. The first kappa shape index (κ1) is 22.2. The molecule has 0 aliphatic carbocycles. The largest absolute Gasteiger partial charge is 0.528 e. The molecule has 0 fully saturated rings. The number of benzene rings is 1. The van der Waals surface area contributed by atoms with Crippen LogP contribution in [0.3, 0.4) is 0 Å². The maximum Gasteiger partial charge on any atom is 0.528 e. The predicted molar refractivity (Wildman–Crippen MR) is 102 cm³/mol. The van der Waals surface area contributed by atoms with Gasteiger partial charge in [0.25, 0.3) is 5.88 Å². The van der Waals surface area contributed by atoms with Crippen molar-refractivity contribution < 1.29 is 18.7 Å². The van der Waals surface area contributed by atoms with Crippen LogP contribution >= 0.6 is 7.60 Å². The number of aliphatic hydroxyl groups is 1. The Hall–Kier alpha value is -1.87. The molecule has 0 aromatic heterocycles. The highest BCUT2D eigenvalue weighted by molar-refractivity contribution is 7.58. The molecule has 1 rings (SSSR count). The number of unbranched alkanes of at least 4 members (excludes halogenated alkanes) is 1. The first-order chi connectivity index (χ1) is 12.4. The van der Waals surface area contributed by atoms with E-state index in [1.807, 2.05) is 44.2 Å². The van der Waals surface area contributed by atoms with Crippen molar-refractivity contribution in [2.75, 3.05) is 19.8 Å². The first-order valence-electron chi connectivity index (χ1n) is 8.94. The van der Waals surface area contributed by atoms with Crippen LogP contribution in [-0.4, -0.2) is 29.8 Å². The molecule has 0 spiro atoms. The summed E-state index contributed by atoms with van der Waals surface area (Å²) >= 11 is 0. The van der Waals surface area contributed by atoms with E-state index in [1.165, 1.54) is 0 Å². The average Bonchev–Trinajstić information content (AvgIpc) is 2.63. The van der Waals surface area contributed by atoms with Gasteiger partial charge >= 0.3 is 13.0 Å². The molecule has 0 saturated carbocycles. The maximum atomic E-state index is 13.0. The lowest BCUT2D eigenvalue weighted by molar-refractivity contribution is 0.153. The van der Waals surface area contributed by atoms with Crippen LogP contribution in [0.1, 0.15) is 52.1 Å². The monoisotopic (exact) mass is 382 g/mol. The molecule has 1 aromatic rings. The van der Waals surface area contributed by atoms with Gasteiger partial charge in [0.1, 0.15) is 0 Å². The zero-order chi connectivity index (χ0) is 19.6. The van der Waals surface area contributed by atoms with Crippen molar-refractivity contribution in [3.05, 3.63) is 52.2 Å². The third-order valence-corrected chi connectivity index (χ3v) is 5.93. The minimum Gasteiger partial charge on any atom is -0.489 e. The zero-order valence-electron chi connectivity index (χ0n) is 16.0. The van der Waals surface area contributed by atoms with Crippen LogP contribution in [0.15, 0.2) is 41.7 Å². The van der Waals surface area contributed by atoms with Gasteiger partial charge in [0.05, 0.1) is 19.3 Å². The molecule has 0 heterocycles. The van der Waals surface area contributed by atoms with E-state index in [0.29, 0.717) is 6.54 Å². The molecular weight excluding hydrogens is 353 g/mol. The highest BCUT2D eigenvalue weighted by atomic mass is 31.2. The Bertz CT molecular complexity index is 663. The number of aliphatic hydroxyl groups excluding tert-OH is 1. The Kier molecular flexibility index (Phi) is 9.36. The molecule has 1 atom stereocenters. The minimum atomic E-state index is -3.93. The molecule has 0 radical (unpaired) electrons. The Labute approximate surface area is 155 Å². The second kappa shape index (κ2) is 11.0. The lowest BCUT2D eigenvalue weighted by atomic mass is 10.1. The summed E-state index contributed by atoms with van der Waals surface area (Å²) in [6.45, 7) is 7.94. The van der Waals surface area contributed by atoms with Crippen molar-refractivity contribution in [3.8, 4) is 0 Å². The molecule has 0 aliphatic heterocycles. The third-order valence-electron chi connectivity index (χ3n) is 3.93. The molecule has 144 valence electrons. The van der Waals surface area contributed by atoms with Crippen LogP contribution in [0, 0.1) is 5.39 Å². The van der Waals surface area contributed by atoms with E-state index in [2.05, 4.69) is 4.98 Å². The summed E-state index contributed by atoms with van der Waals surface area (Å²) in [4.78, 5) is 4.73. The first-order valence-corrected chi connectivity index (χ1v) is 10.5. The van der Waals surface area contributed by atoms with Crippen LogP contribution in [0.4, 0.5) is 0 Å². The van der Waals surface area contributed by atoms with Gasteiger partial charge in [-0.1, -0.05) is 43.7 Å². The fourth-order valence-electron chi connectivity index (χ4n) is 2.57. The normalized spacial score (nSPS) is 13.7. The van der Waals surface area contributed by atoms with Crippen molar-refractivity contribution in [3.63, 3.8) is 0 Å². The van der Waals surface area contributed by atoms with Crippen molar-refractivity contribution in [1.29, 1.82) is 5.39 Å². The summed E-state index contributed by atoms with van der Waals surface area (Å²) in [5, 5.41) is 20.3. The summed E-state index contributed by atoms with van der Waals surface area (Å²) in [5.74, 6) is -0.400. The van der Waals surface area contributed by atoms with E-state index in [1.54, 1.807) is 18.7 Å². The maximum absolute atomic E-state index is 13.0. The molecule has 0 unspecified atom stereocenters. The van der Waals surface area contributed by atoms with Gasteiger partial charge < -0.3 is 19.1 Å². The van der Waals surface area contributed by atoms with E-state index in [-0.39, 0.29) is 19.3 Å². The second-order valence-corrected chi connectivity index (χ2v) is 7.65. The third kappa shape index (κ3) is 5.57. The quantitative estimate of drug-likeness (QED) is 0.302. The van der Waals surface area contributed by atoms with E-state index >= 15 is 0 Å². The van der Waals surface area contributed by atoms with Gasteiger partial charge in [-0.05, 0) is 32.8 Å². The van der Waals surface area contributed by atoms with E-state index in [9.17, 15) is 15.1 Å². The van der Waals surface area contributed by atoms with Crippen molar-refractivity contribution >= 4 is 7.60 Å². The van der Waals surface area contributed by atoms with Gasteiger partial charge in [-0.25, -0.2) is 4.57 Å². The van der Waals surface area contributed by atoms with Gasteiger partial charge in [0.15, 0.2) is 4.98 Å². The highest BCUT2D eigenvalue weighted by Crippen LogP contribution is 2.58. The predicted octanol–water partition coefficient (Wildman–Crippen LogP) is 5.65. The summed E-state index contributed by atoms with van der Waals surface area (Å²) in [7, 11) is -3.93. The molecular formula is C18H29N3O4P+. The smallest absolute Gasteiger partial charge is 0.489 e. The van der Waals surface area contributed by atoms with Gasteiger partial charge in [-0.2, -0.15) is 0 Å². The Morgan fingerprint density at radius 3 is 2.27 bits per heavy atom. The Morgan fingerprint density at radius 1 is 1.23 bits per heavy atom. The fraction of sp³-hybridized carbons (Fsp3) is 0.556. The zero-order valence-corrected chi connectivity index (χ0v) is 16.9. The molecule has 0 aliphatic rings. The highest BCUT2D eigenvalue weighted by Gasteiger charge is 2.48. The van der Waals surface area contributed by atoms with Crippen molar-refractivity contribution in [2.24, 2.45) is 0 Å². The number of diazo groups is 1. The summed E-state index contributed by atoms with van der Waals surface area (Å²) in [5.41, 5.74) is 0.496. The summed E-state index contributed by atoms with van der Waals surface area (Å²) < 4.78 is 23.4. The van der Waals surface area contributed by atoms with Crippen LogP contribution in [-0.2, 0) is 13.6 Å². The molecule has 8 heteroatoms. The van der Waals surface area contributed by atoms with E-state index < -0.39 is 18.9 Å². The molecule has 7 nitrogen and oxygen atoms in total. The molecule has 0 bridgehead atoms. The van der Waals surface area contributed by atoms with Crippen LogP contribution in [0.5, 0.6) is 0 Å². The van der Waals surface area contributed by atoms with E-state index in [4.69, 9.17) is 9.05 Å². The number of hydrogen-bond donors (Lipinski definition) is 1. The van der Waals surface area contributed by atoms with Crippen LogP contribution in [0.2, 0.25) is 0 Å². The number of hydrogen-bond acceptors (Lipinski definition) is 6. The van der Waals surface area contributed by atoms with Crippen molar-refractivity contribution in [1.82, 2.24) is 4.90 Å². The Morgan fingerprint density at radius 2 is 1.81 bits per heavy atom. The topological polar surface area (TPSA) is 87.2 Å². The van der Waals surface area contributed by atoms with Crippen LogP contribution < -0.4 is 0 Å². The van der Waals surface area contributed by atoms with Gasteiger partial charge in [0.2, 0.25) is 5.39 Å². The lowest BCUT2D eigenvalue weighted by Gasteiger charge is -2.29. The fourth-order valence-corrected chi connectivity index (χ4v) is 4.05. The number of rotatable bonds is 11. The molecule has 26 heavy (non-hydrogen) atoms. The minimum absolute atomic E-state index is 0.0901. The molecule has 1 N–H and O–H groups in total. The second-order valence-electron chi connectivity index (χ2n) is 5.71. The lowest BCUT2D eigenvalue weighted by Crippen LogP contribution is -2.28. The van der Waals surface area contributed by atoms with Crippen LogP contribution in [0.25, 0.3) is 4.98 Å². The SMILES string of the molecule is CCCCN(/C(O)=C(\[N+]#N)P(=O)(OCC)OCC)[C@H](C)c1ccccc1. The molecule has 0 amide bonds. The average molecular weight is 382 g/mol. The standard InChI is InChI=1S/C18H28N3O4P/c1-5-8-14-21(15(4)16-12-10-9-11-13-16)18(22)17(20-19)26(23,24-6-2)25-7-3/h9-13,15H,5-8,14H2,1-4H3/p+1/t15-/m1/s1. The van der Waals surface area contributed by atoms with E-state index in [0.717, 1.165) is 18.4 Å². The molecule has 1 aromatic carbocycles. The summed E-state index contributed by atoms with van der Waals surface area (Å²) in [6, 6.07) is 9.39. The van der Waals surface area contributed by atoms with Gasteiger partial charge in [0, 0.05) is 6.54 Å². The summed E-state index contributed by atoms with van der Waals surface area (Å²) in [6.07, 6.45) is 1.71. The molecule has 0 saturated heterocycles. The number of nitrogens with zero attached hydrogens (tertiary/aromatic N) is 3. The van der Waals surface area contributed by atoms with Gasteiger partial charge in [-0.15, -0.1) is 0 Å².